The van der Waals surface area contributed by atoms with Crippen molar-refractivity contribution in [2.24, 2.45) is 5.92 Å². The molecule has 5 nitrogen and oxygen atoms in total. The highest BCUT2D eigenvalue weighted by atomic mass is 16.7. The van der Waals surface area contributed by atoms with Gasteiger partial charge in [-0.1, -0.05) is 0 Å². The first-order valence-electron chi connectivity index (χ1n) is 9.15. The van der Waals surface area contributed by atoms with Crippen LogP contribution in [0.3, 0.4) is 0 Å². The molecule has 134 valence electrons. The lowest BCUT2D eigenvalue weighted by molar-refractivity contribution is -0.128. The van der Waals surface area contributed by atoms with Gasteiger partial charge in [0.05, 0.1) is 18.2 Å². The predicted molar refractivity (Wildman–Crippen MR) is 93.5 cm³/mol. The average molecular weight is 334 g/mol. The third-order valence-corrected chi connectivity index (χ3v) is 5.54. The minimum absolute atomic E-state index is 0.0575. The molecule has 3 aliphatic heterocycles. The Kier molecular flexibility index (Phi) is 5.42. The highest BCUT2D eigenvalue weighted by molar-refractivity contribution is 6.03. The fourth-order valence-corrected chi connectivity index (χ4v) is 3.97. The monoisotopic (exact) mass is 334 g/mol. The molecule has 0 aromatic carbocycles. The SMILES string of the molecule is CC1C=C2C(=CCOCO1)C(=O)N(CCC1CCNCC1)C2(C)C. The number of hydrogen-bond donors (Lipinski definition) is 1. The minimum atomic E-state index is -0.294. The third kappa shape index (κ3) is 3.58. The van der Waals surface area contributed by atoms with E-state index in [1.165, 1.54) is 12.8 Å². The topological polar surface area (TPSA) is 50.8 Å². The molecule has 0 aliphatic carbocycles. The van der Waals surface area contributed by atoms with Crippen molar-refractivity contribution in [2.75, 3.05) is 33.0 Å². The van der Waals surface area contributed by atoms with Gasteiger partial charge >= 0.3 is 0 Å². The molecule has 24 heavy (non-hydrogen) atoms. The second-order valence-corrected chi connectivity index (χ2v) is 7.56. The van der Waals surface area contributed by atoms with Gasteiger partial charge < -0.3 is 19.7 Å². The maximum absolute atomic E-state index is 13.0. The molecule has 1 atom stereocenters. The van der Waals surface area contributed by atoms with Crippen molar-refractivity contribution in [2.45, 2.75) is 51.7 Å². The molecular weight excluding hydrogens is 304 g/mol. The Labute approximate surface area is 145 Å². The number of ether oxygens (including phenoxy) is 2. The molecule has 0 bridgehead atoms. The molecule has 1 N–H and O–H groups in total. The van der Waals surface area contributed by atoms with Crippen LogP contribution in [0.2, 0.25) is 0 Å². The summed E-state index contributed by atoms with van der Waals surface area (Å²) in [5, 5.41) is 3.41. The van der Waals surface area contributed by atoms with E-state index in [0.29, 0.717) is 6.61 Å². The van der Waals surface area contributed by atoms with Crippen molar-refractivity contribution < 1.29 is 14.3 Å². The fraction of sp³-hybridized carbons (Fsp3) is 0.737. The van der Waals surface area contributed by atoms with Gasteiger partial charge in [0.2, 0.25) is 0 Å². The summed E-state index contributed by atoms with van der Waals surface area (Å²) in [6.45, 7) is 10.00. The number of amides is 1. The molecule has 1 unspecified atom stereocenters. The van der Waals surface area contributed by atoms with Crippen LogP contribution in [0.15, 0.2) is 23.3 Å². The van der Waals surface area contributed by atoms with Crippen LogP contribution in [0.5, 0.6) is 0 Å². The Balaban J connectivity index is 1.79. The van der Waals surface area contributed by atoms with Crippen LogP contribution in [0.25, 0.3) is 0 Å². The van der Waals surface area contributed by atoms with Crippen molar-refractivity contribution in [1.29, 1.82) is 0 Å². The Morgan fingerprint density at radius 3 is 2.83 bits per heavy atom. The molecule has 2 fully saturated rings. The second kappa shape index (κ2) is 7.38. The quantitative estimate of drug-likeness (QED) is 0.860. The number of piperidine rings is 1. The summed E-state index contributed by atoms with van der Waals surface area (Å²) in [4.78, 5) is 15.1. The first kappa shape index (κ1) is 17.6. The highest BCUT2D eigenvalue weighted by Gasteiger charge is 2.45. The van der Waals surface area contributed by atoms with Gasteiger partial charge in [0.15, 0.2) is 0 Å². The zero-order valence-electron chi connectivity index (χ0n) is 15.1. The van der Waals surface area contributed by atoms with Crippen LogP contribution in [-0.4, -0.2) is 55.5 Å². The summed E-state index contributed by atoms with van der Waals surface area (Å²) in [5.41, 5.74) is 1.58. The van der Waals surface area contributed by atoms with E-state index in [-0.39, 0.29) is 24.3 Å². The number of nitrogens with one attached hydrogen (secondary N) is 1. The van der Waals surface area contributed by atoms with Gasteiger partial charge in [0.1, 0.15) is 6.79 Å². The summed E-state index contributed by atoms with van der Waals surface area (Å²) in [7, 11) is 0. The first-order chi connectivity index (χ1) is 11.5. The van der Waals surface area contributed by atoms with Crippen LogP contribution in [0, 0.1) is 5.92 Å². The maximum atomic E-state index is 13.0. The van der Waals surface area contributed by atoms with E-state index in [1.54, 1.807) is 0 Å². The molecule has 2 saturated heterocycles. The Morgan fingerprint density at radius 1 is 1.33 bits per heavy atom. The number of carbonyl (C=O) groups is 1. The molecule has 3 aliphatic rings. The molecule has 0 aromatic heterocycles. The number of rotatable bonds is 3. The lowest BCUT2D eigenvalue weighted by Gasteiger charge is -2.34. The van der Waals surface area contributed by atoms with Gasteiger partial charge in [-0.05, 0) is 76.8 Å². The van der Waals surface area contributed by atoms with E-state index in [0.717, 1.165) is 43.1 Å². The normalized spacial score (nSPS) is 28.5. The molecule has 1 amide bonds. The van der Waals surface area contributed by atoms with Crippen LogP contribution in [-0.2, 0) is 14.3 Å². The van der Waals surface area contributed by atoms with E-state index in [2.05, 4.69) is 25.2 Å². The molecule has 0 spiro atoms. The molecule has 3 rings (SSSR count). The summed E-state index contributed by atoms with van der Waals surface area (Å²) in [6, 6.07) is 0. The summed E-state index contributed by atoms with van der Waals surface area (Å²) < 4.78 is 11.1. The van der Waals surface area contributed by atoms with Gasteiger partial charge in [-0.2, -0.15) is 0 Å². The van der Waals surface area contributed by atoms with Crippen LogP contribution >= 0.6 is 0 Å². The minimum Gasteiger partial charge on any atom is -0.351 e. The van der Waals surface area contributed by atoms with Crippen molar-refractivity contribution >= 4 is 5.91 Å². The van der Waals surface area contributed by atoms with Crippen molar-refractivity contribution in [3.8, 4) is 0 Å². The van der Waals surface area contributed by atoms with Crippen molar-refractivity contribution in [3.05, 3.63) is 23.3 Å². The Bertz CT molecular complexity index is 533. The zero-order valence-corrected chi connectivity index (χ0v) is 15.1. The van der Waals surface area contributed by atoms with E-state index < -0.39 is 0 Å². The van der Waals surface area contributed by atoms with Gasteiger partial charge in [-0.25, -0.2) is 0 Å². The summed E-state index contributed by atoms with van der Waals surface area (Å²) in [5.74, 6) is 0.859. The highest BCUT2D eigenvalue weighted by Crippen LogP contribution is 2.40. The zero-order chi connectivity index (χ0) is 17.2. The van der Waals surface area contributed by atoms with Crippen LogP contribution in [0.1, 0.15) is 40.0 Å². The largest absolute Gasteiger partial charge is 0.351 e. The van der Waals surface area contributed by atoms with Crippen molar-refractivity contribution in [1.82, 2.24) is 10.2 Å². The second-order valence-electron chi connectivity index (χ2n) is 7.56. The molecule has 0 aromatic rings. The third-order valence-electron chi connectivity index (χ3n) is 5.54. The number of carbonyl (C=O) groups excluding carboxylic acids is 1. The van der Waals surface area contributed by atoms with E-state index in [1.807, 2.05) is 17.9 Å². The molecule has 0 radical (unpaired) electrons. The molecule has 3 heterocycles. The number of nitrogens with zero attached hydrogens (tertiary/aromatic N) is 1. The number of fused-ring (bicyclic) bond motifs is 1. The van der Waals surface area contributed by atoms with Gasteiger partial charge in [0, 0.05) is 12.1 Å². The van der Waals surface area contributed by atoms with Gasteiger partial charge in [-0.3, -0.25) is 4.79 Å². The van der Waals surface area contributed by atoms with E-state index in [4.69, 9.17) is 9.47 Å². The van der Waals surface area contributed by atoms with E-state index in [9.17, 15) is 4.79 Å². The maximum Gasteiger partial charge on any atom is 0.254 e. The predicted octanol–water partition coefficient (Wildman–Crippen LogP) is 2.24. The Morgan fingerprint density at radius 2 is 2.08 bits per heavy atom. The van der Waals surface area contributed by atoms with Gasteiger partial charge in [0.25, 0.3) is 5.91 Å². The lowest BCUT2D eigenvalue weighted by Crippen LogP contribution is -2.43. The van der Waals surface area contributed by atoms with Gasteiger partial charge in [-0.15, -0.1) is 0 Å². The van der Waals surface area contributed by atoms with Crippen molar-refractivity contribution in [3.63, 3.8) is 0 Å². The summed E-state index contributed by atoms with van der Waals surface area (Å²) in [6.07, 6.45) is 7.46. The molecular formula is C19H30N2O3. The lowest BCUT2D eigenvalue weighted by atomic mass is 9.90. The molecule has 5 heteroatoms. The average Bonchev–Trinajstić information content (AvgIpc) is 2.79. The smallest absolute Gasteiger partial charge is 0.254 e. The first-order valence-corrected chi connectivity index (χ1v) is 9.15. The fourth-order valence-electron chi connectivity index (χ4n) is 3.97. The van der Waals surface area contributed by atoms with E-state index >= 15 is 0 Å². The van der Waals surface area contributed by atoms with Crippen LogP contribution in [0.4, 0.5) is 0 Å². The standard InChI is InChI=1S/C19H30N2O3/c1-14-12-17-16(7-11-23-13-24-14)18(22)21(19(17,2)3)10-6-15-4-8-20-9-5-15/h7,12,14-15,20H,4-6,8-11,13H2,1-3H3. The number of likely N-dealkylation sites (tertiary alicyclic amines) is 1. The molecule has 0 saturated carbocycles. The number of hydrogen-bond acceptors (Lipinski definition) is 4. The Hall–Kier alpha value is -1.17. The van der Waals surface area contributed by atoms with Crippen LogP contribution < -0.4 is 5.32 Å². The summed E-state index contributed by atoms with van der Waals surface area (Å²) >= 11 is 0.